The van der Waals surface area contributed by atoms with E-state index in [2.05, 4.69) is 20.5 Å². The molecule has 0 aromatic carbocycles. The first kappa shape index (κ1) is 12.5. The molecule has 0 bridgehead atoms. The number of nitrogens with zero attached hydrogens (tertiary/aromatic N) is 2. The van der Waals surface area contributed by atoms with Gasteiger partial charge in [-0.05, 0) is 25.3 Å². The number of anilines is 1. The molecule has 0 aliphatic rings. The lowest BCUT2D eigenvalue weighted by Crippen LogP contribution is -2.06. The van der Waals surface area contributed by atoms with Gasteiger partial charge in [-0.1, -0.05) is 0 Å². The highest BCUT2D eigenvalue weighted by molar-refractivity contribution is 5.35. The van der Waals surface area contributed by atoms with Gasteiger partial charge in [-0.25, -0.2) is 13.8 Å². The van der Waals surface area contributed by atoms with E-state index >= 15 is 0 Å². The predicted molar refractivity (Wildman–Crippen MR) is 64.3 cm³/mol. The second-order valence-corrected chi connectivity index (χ2v) is 4.03. The molecule has 2 rings (SSSR count). The highest BCUT2D eigenvalue weighted by Crippen LogP contribution is 2.11. The number of pyridine rings is 1. The summed E-state index contributed by atoms with van der Waals surface area (Å²) in [6.45, 7) is 2.52. The Hall–Kier alpha value is -1.98. The van der Waals surface area contributed by atoms with Crippen molar-refractivity contribution in [3.63, 3.8) is 0 Å². The minimum absolute atomic E-state index is 0.0836. The largest absolute Gasteiger partial charge is 0.368 e. The van der Waals surface area contributed by atoms with Crippen molar-refractivity contribution in [2.24, 2.45) is 0 Å². The average Bonchev–Trinajstić information content (AvgIpc) is 2.73. The molecule has 0 saturated heterocycles. The highest BCUT2D eigenvalue weighted by Gasteiger charge is 2.05. The van der Waals surface area contributed by atoms with Gasteiger partial charge in [-0.2, -0.15) is 5.10 Å². The zero-order valence-electron chi connectivity index (χ0n) is 10.0. The van der Waals surface area contributed by atoms with E-state index in [9.17, 15) is 8.78 Å². The van der Waals surface area contributed by atoms with Crippen LogP contribution in [0.25, 0.3) is 0 Å². The van der Waals surface area contributed by atoms with Crippen molar-refractivity contribution in [1.82, 2.24) is 15.2 Å². The maximum atomic E-state index is 13.2. The van der Waals surface area contributed by atoms with E-state index in [1.165, 1.54) is 0 Å². The standard InChI is InChI=1S/C12H14F2N4/c1-8-9(6-17-18-8)3-2-4-15-12-11(14)5-10(13)7-16-12/h5-7H,2-4H2,1H3,(H,15,16)(H,17,18). The van der Waals surface area contributed by atoms with E-state index in [-0.39, 0.29) is 5.82 Å². The van der Waals surface area contributed by atoms with Gasteiger partial charge in [0.2, 0.25) is 0 Å². The summed E-state index contributed by atoms with van der Waals surface area (Å²) < 4.78 is 25.9. The van der Waals surface area contributed by atoms with Crippen molar-refractivity contribution in [2.75, 3.05) is 11.9 Å². The first-order valence-corrected chi connectivity index (χ1v) is 5.70. The van der Waals surface area contributed by atoms with Gasteiger partial charge in [0.25, 0.3) is 0 Å². The van der Waals surface area contributed by atoms with Gasteiger partial charge < -0.3 is 5.32 Å². The minimum Gasteiger partial charge on any atom is -0.368 e. The minimum atomic E-state index is -0.674. The van der Waals surface area contributed by atoms with Crippen LogP contribution in [0.15, 0.2) is 18.5 Å². The molecule has 0 atom stereocenters. The van der Waals surface area contributed by atoms with Crippen LogP contribution >= 0.6 is 0 Å². The van der Waals surface area contributed by atoms with Crippen LogP contribution in [0, 0.1) is 18.6 Å². The van der Waals surface area contributed by atoms with Crippen molar-refractivity contribution in [2.45, 2.75) is 19.8 Å². The molecule has 2 aromatic rings. The van der Waals surface area contributed by atoms with Crippen molar-refractivity contribution >= 4 is 5.82 Å². The Bertz CT molecular complexity index is 525. The first-order chi connectivity index (χ1) is 8.66. The lowest BCUT2D eigenvalue weighted by atomic mass is 10.1. The van der Waals surface area contributed by atoms with Gasteiger partial charge in [0.05, 0.1) is 12.4 Å². The van der Waals surface area contributed by atoms with Crippen molar-refractivity contribution < 1.29 is 8.78 Å². The monoisotopic (exact) mass is 252 g/mol. The lowest BCUT2D eigenvalue weighted by molar-refractivity contribution is 0.575. The van der Waals surface area contributed by atoms with Crippen LogP contribution in [0.5, 0.6) is 0 Å². The molecule has 0 saturated carbocycles. The molecule has 2 heterocycles. The molecule has 6 heteroatoms. The zero-order valence-corrected chi connectivity index (χ0v) is 10.0. The third-order valence-electron chi connectivity index (χ3n) is 2.66. The van der Waals surface area contributed by atoms with Crippen LogP contribution < -0.4 is 5.32 Å². The van der Waals surface area contributed by atoms with Crippen LogP contribution in [-0.2, 0) is 6.42 Å². The van der Waals surface area contributed by atoms with Gasteiger partial charge in [0, 0.05) is 18.3 Å². The smallest absolute Gasteiger partial charge is 0.168 e. The second-order valence-electron chi connectivity index (χ2n) is 4.03. The molecule has 96 valence electrons. The third kappa shape index (κ3) is 3.03. The summed E-state index contributed by atoms with van der Waals surface area (Å²) >= 11 is 0. The summed E-state index contributed by atoms with van der Waals surface area (Å²) in [6, 6.07) is 0.815. The highest BCUT2D eigenvalue weighted by atomic mass is 19.1. The van der Waals surface area contributed by atoms with E-state index < -0.39 is 11.6 Å². The van der Waals surface area contributed by atoms with Gasteiger partial charge in [-0.3, -0.25) is 5.10 Å². The molecule has 4 nitrogen and oxygen atoms in total. The summed E-state index contributed by atoms with van der Waals surface area (Å²) in [6.07, 6.45) is 4.44. The van der Waals surface area contributed by atoms with Crippen LogP contribution in [0.2, 0.25) is 0 Å². The van der Waals surface area contributed by atoms with Gasteiger partial charge in [-0.15, -0.1) is 0 Å². The lowest BCUT2D eigenvalue weighted by Gasteiger charge is -2.06. The summed E-state index contributed by atoms with van der Waals surface area (Å²) in [5, 5.41) is 9.62. The van der Waals surface area contributed by atoms with E-state index in [0.717, 1.165) is 36.4 Å². The molecule has 18 heavy (non-hydrogen) atoms. The first-order valence-electron chi connectivity index (χ1n) is 5.70. The van der Waals surface area contributed by atoms with Crippen LogP contribution in [0.3, 0.4) is 0 Å². The Morgan fingerprint density at radius 1 is 1.33 bits per heavy atom. The van der Waals surface area contributed by atoms with Crippen molar-refractivity contribution in [3.05, 3.63) is 41.4 Å². The molecule has 0 aliphatic heterocycles. The number of nitrogens with one attached hydrogen (secondary N) is 2. The summed E-state index contributed by atoms with van der Waals surface area (Å²) in [5.41, 5.74) is 2.19. The predicted octanol–water partition coefficient (Wildman–Crippen LogP) is 2.44. The number of hydrogen-bond donors (Lipinski definition) is 2. The fourth-order valence-corrected chi connectivity index (χ4v) is 1.66. The molecule has 2 aromatic heterocycles. The van der Waals surface area contributed by atoms with E-state index in [1.807, 2.05) is 6.92 Å². The van der Waals surface area contributed by atoms with Gasteiger partial charge >= 0.3 is 0 Å². The number of halogens is 2. The zero-order chi connectivity index (χ0) is 13.0. The fourth-order valence-electron chi connectivity index (χ4n) is 1.66. The summed E-state index contributed by atoms with van der Waals surface area (Å²) in [7, 11) is 0. The summed E-state index contributed by atoms with van der Waals surface area (Å²) in [5.74, 6) is -1.26. The number of aryl methyl sites for hydroxylation is 2. The van der Waals surface area contributed by atoms with Crippen LogP contribution in [0.1, 0.15) is 17.7 Å². The van der Waals surface area contributed by atoms with E-state index in [1.54, 1.807) is 6.20 Å². The molecule has 2 N–H and O–H groups in total. The Morgan fingerprint density at radius 3 is 2.83 bits per heavy atom. The number of rotatable bonds is 5. The molecule has 0 radical (unpaired) electrons. The van der Waals surface area contributed by atoms with Gasteiger partial charge in [0.1, 0.15) is 5.82 Å². The number of H-pyrrole nitrogens is 1. The second kappa shape index (κ2) is 5.57. The van der Waals surface area contributed by atoms with Crippen LogP contribution in [-0.4, -0.2) is 21.7 Å². The fraction of sp³-hybridized carbons (Fsp3) is 0.333. The summed E-state index contributed by atoms with van der Waals surface area (Å²) in [4.78, 5) is 3.65. The quantitative estimate of drug-likeness (QED) is 0.803. The van der Waals surface area contributed by atoms with Crippen LogP contribution in [0.4, 0.5) is 14.6 Å². The Morgan fingerprint density at radius 2 is 2.17 bits per heavy atom. The molecule has 0 fully saturated rings. The maximum Gasteiger partial charge on any atom is 0.168 e. The average molecular weight is 252 g/mol. The number of hydrogen-bond acceptors (Lipinski definition) is 3. The Kier molecular flexibility index (Phi) is 3.86. The number of aromatic nitrogens is 3. The van der Waals surface area contributed by atoms with Crippen molar-refractivity contribution in [3.8, 4) is 0 Å². The van der Waals surface area contributed by atoms with E-state index in [4.69, 9.17) is 0 Å². The molecule has 0 amide bonds. The molecular weight excluding hydrogens is 238 g/mol. The third-order valence-corrected chi connectivity index (χ3v) is 2.66. The molecular formula is C12H14F2N4. The number of aromatic amines is 1. The van der Waals surface area contributed by atoms with Crippen molar-refractivity contribution in [1.29, 1.82) is 0 Å². The Balaban J connectivity index is 1.80. The maximum absolute atomic E-state index is 13.2. The SMILES string of the molecule is Cc1[nH]ncc1CCCNc1ncc(F)cc1F. The normalized spacial score (nSPS) is 10.6. The van der Waals surface area contributed by atoms with Gasteiger partial charge in [0.15, 0.2) is 11.6 Å². The molecule has 0 aliphatic carbocycles. The Labute approximate surface area is 103 Å². The topological polar surface area (TPSA) is 53.6 Å². The molecule has 0 unspecified atom stereocenters. The van der Waals surface area contributed by atoms with E-state index in [0.29, 0.717) is 6.54 Å². The molecule has 0 spiro atoms.